The highest BCUT2D eigenvalue weighted by molar-refractivity contribution is 6.34. The first-order chi connectivity index (χ1) is 10.6. The van der Waals surface area contributed by atoms with Crippen LogP contribution in [0.1, 0.15) is 16.2 Å². The van der Waals surface area contributed by atoms with E-state index in [0.29, 0.717) is 10.8 Å². The van der Waals surface area contributed by atoms with Gasteiger partial charge in [-0.15, -0.1) is 0 Å². The fourth-order valence-electron chi connectivity index (χ4n) is 1.97. The van der Waals surface area contributed by atoms with E-state index >= 15 is 0 Å². The molecule has 22 heavy (non-hydrogen) atoms. The van der Waals surface area contributed by atoms with E-state index in [1.54, 1.807) is 37.1 Å². The molecule has 0 radical (unpaired) electrons. The van der Waals surface area contributed by atoms with E-state index in [1.165, 1.54) is 0 Å². The fraction of sp³-hybridized carbons (Fsp3) is 0.143. The van der Waals surface area contributed by atoms with Crippen molar-refractivity contribution in [1.82, 2.24) is 25.0 Å². The maximum Gasteiger partial charge on any atom is 0.278 e. The second kappa shape index (κ2) is 5.61. The van der Waals surface area contributed by atoms with Crippen LogP contribution in [0.3, 0.4) is 0 Å². The number of pyridine rings is 1. The van der Waals surface area contributed by atoms with Crippen molar-refractivity contribution in [2.24, 2.45) is 7.05 Å². The lowest BCUT2D eigenvalue weighted by Gasteiger charge is -1.98. The molecule has 0 aliphatic carbocycles. The van der Waals surface area contributed by atoms with Gasteiger partial charge in [0.05, 0.1) is 16.4 Å². The van der Waals surface area contributed by atoms with Crippen LogP contribution in [-0.2, 0) is 7.05 Å². The monoisotopic (exact) mass is 316 g/mol. The molecule has 3 aromatic heterocycles. The lowest BCUT2D eigenvalue weighted by atomic mass is 10.2. The zero-order chi connectivity index (χ0) is 15.7. The van der Waals surface area contributed by atoms with Gasteiger partial charge in [-0.05, 0) is 19.1 Å². The number of nitrogens with zero attached hydrogens (tertiary/aromatic N) is 4. The summed E-state index contributed by atoms with van der Waals surface area (Å²) in [4.78, 5) is 16.2. The van der Waals surface area contributed by atoms with E-state index in [-0.39, 0.29) is 5.69 Å². The van der Waals surface area contributed by atoms with Crippen molar-refractivity contribution in [3.8, 4) is 11.3 Å². The van der Waals surface area contributed by atoms with Gasteiger partial charge in [0.15, 0.2) is 11.5 Å². The van der Waals surface area contributed by atoms with Gasteiger partial charge in [-0.1, -0.05) is 11.6 Å². The highest BCUT2D eigenvalue weighted by Gasteiger charge is 2.19. The van der Waals surface area contributed by atoms with Gasteiger partial charge in [0.25, 0.3) is 5.91 Å². The largest absolute Gasteiger partial charge is 0.304 e. The summed E-state index contributed by atoms with van der Waals surface area (Å²) in [6, 6.07) is 5.42. The van der Waals surface area contributed by atoms with Crippen molar-refractivity contribution in [1.29, 1.82) is 0 Å². The molecule has 7 nitrogen and oxygen atoms in total. The number of halogens is 1. The molecule has 0 saturated carbocycles. The molecular formula is C14H13ClN6O. The van der Waals surface area contributed by atoms with Gasteiger partial charge in [0.2, 0.25) is 0 Å². The van der Waals surface area contributed by atoms with Crippen LogP contribution in [-0.4, -0.2) is 30.9 Å². The number of anilines is 1. The summed E-state index contributed by atoms with van der Waals surface area (Å²) in [7, 11) is 1.73. The van der Waals surface area contributed by atoms with Crippen molar-refractivity contribution < 1.29 is 4.79 Å². The van der Waals surface area contributed by atoms with Gasteiger partial charge in [-0.2, -0.15) is 10.2 Å². The van der Waals surface area contributed by atoms with Crippen molar-refractivity contribution in [2.75, 3.05) is 5.32 Å². The summed E-state index contributed by atoms with van der Waals surface area (Å²) in [5, 5.41) is 14.0. The summed E-state index contributed by atoms with van der Waals surface area (Å²) in [6.45, 7) is 1.79. The number of amides is 1. The minimum Gasteiger partial charge on any atom is -0.304 e. The molecule has 1 amide bonds. The predicted octanol–water partition coefficient (Wildman–Crippen LogP) is 2.42. The number of hydrogen-bond donors (Lipinski definition) is 2. The molecule has 0 bridgehead atoms. The van der Waals surface area contributed by atoms with Crippen molar-refractivity contribution in [3.63, 3.8) is 0 Å². The lowest BCUT2D eigenvalue weighted by molar-refractivity contribution is 0.102. The van der Waals surface area contributed by atoms with E-state index in [9.17, 15) is 4.79 Å². The highest BCUT2D eigenvalue weighted by atomic mass is 35.5. The van der Waals surface area contributed by atoms with Crippen LogP contribution in [0.5, 0.6) is 0 Å². The van der Waals surface area contributed by atoms with Crippen LogP contribution in [0, 0.1) is 6.92 Å². The molecule has 0 aliphatic heterocycles. The predicted molar refractivity (Wildman–Crippen MR) is 82.7 cm³/mol. The van der Waals surface area contributed by atoms with Gasteiger partial charge in [-0.25, -0.2) is 0 Å². The average molecular weight is 317 g/mol. The van der Waals surface area contributed by atoms with E-state index in [0.717, 1.165) is 17.0 Å². The van der Waals surface area contributed by atoms with Crippen LogP contribution < -0.4 is 5.32 Å². The number of rotatable bonds is 3. The van der Waals surface area contributed by atoms with E-state index < -0.39 is 5.91 Å². The topological polar surface area (TPSA) is 88.5 Å². The first-order valence-electron chi connectivity index (χ1n) is 6.52. The van der Waals surface area contributed by atoms with Crippen LogP contribution in [0.2, 0.25) is 5.02 Å². The van der Waals surface area contributed by atoms with Crippen LogP contribution >= 0.6 is 11.6 Å². The zero-order valence-electron chi connectivity index (χ0n) is 12.0. The molecule has 0 fully saturated rings. The van der Waals surface area contributed by atoms with Crippen LogP contribution in [0.25, 0.3) is 11.3 Å². The first-order valence-corrected chi connectivity index (χ1v) is 6.90. The number of nitrogens with one attached hydrogen (secondary N) is 2. The van der Waals surface area contributed by atoms with Gasteiger partial charge in [0, 0.05) is 31.1 Å². The van der Waals surface area contributed by atoms with Gasteiger partial charge >= 0.3 is 0 Å². The number of aryl methyl sites for hydroxylation is 1. The third-order valence-corrected chi connectivity index (χ3v) is 3.74. The Balaban J connectivity index is 1.80. The molecule has 0 saturated heterocycles. The Morgan fingerprint density at radius 3 is 2.73 bits per heavy atom. The second-order valence-corrected chi connectivity index (χ2v) is 5.11. The quantitative estimate of drug-likeness (QED) is 0.776. The Labute approximate surface area is 131 Å². The minimum absolute atomic E-state index is 0.176. The molecule has 0 aromatic carbocycles. The Hall–Kier alpha value is -2.67. The molecule has 0 unspecified atom stereocenters. The summed E-state index contributed by atoms with van der Waals surface area (Å²) in [5.74, 6) is -0.00216. The Morgan fingerprint density at radius 2 is 2.09 bits per heavy atom. The number of carbonyl (C=O) groups excluding carboxylic acids is 1. The zero-order valence-corrected chi connectivity index (χ0v) is 12.7. The second-order valence-electron chi connectivity index (χ2n) is 4.73. The summed E-state index contributed by atoms with van der Waals surface area (Å²) < 4.78 is 1.56. The van der Waals surface area contributed by atoms with Crippen LogP contribution in [0.15, 0.2) is 30.6 Å². The molecular weight excluding hydrogens is 304 g/mol. The SMILES string of the molecule is Cc1c(Cl)c(C(=O)Nc2cc(-c3ccncc3)[nH]n2)nn1C. The smallest absolute Gasteiger partial charge is 0.278 e. The standard InChI is InChI=1S/C14H13ClN6O/c1-8-12(15)13(20-21(8)2)14(22)17-11-7-10(18-19-11)9-3-5-16-6-4-9/h3-7H,1-2H3,(H2,17,18,19,22). The van der Waals surface area contributed by atoms with E-state index in [1.807, 2.05) is 12.1 Å². The van der Waals surface area contributed by atoms with Crippen molar-refractivity contribution in [3.05, 3.63) is 47.0 Å². The third kappa shape index (κ3) is 2.58. The number of carbonyl (C=O) groups is 1. The molecule has 0 spiro atoms. The summed E-state index contributed by atoms with van der Waals surface area (Å²) >= 11 is 6.10. The highest BCUT2D eigenvalue weighted by Crippen LogP contribution is 2.22. The lowest BCUT2D eigenvalue weighted by Crippen LogP contribution is -2.13. The number of aromatic nitrogens is 5. The van der Waals surface area contributed by atoms with Crippen molar-refractivity contribution in [2.45, 2.75) is 6.92 Å². The van der Waals surface area contributed by atoms with Crippen LogP contribution in [0.4, 0.5) is 5.82 Å². The normalized spacial score (nSPS) is 10.7. The van der Waals surface area contributed by atoms with E-state index in [4.69, 9.17) is 11.6 Å². The number of H-pyrrole nitrogens is 1. The maximum absolute atomic E-state index is 12.2. The fourth-order valence-corrected chi connectivity index (χ4v) is 2.21. The average Bonchev–Trinajstić information content (AvgIpc) is 3.09. The Kier molecular flexibility index (Phi) is 3.64. The maximum atomic E-state index is 12.2. The minimum atomic E-state index is -0.401. The Morgan fingerprint density at radius 1 is 1.36 bits per heavy atom. The molecule has 0 atom stereocenters. The summed E-state index contributed by atoms with van der Waals surface area (Å²) in [6.07, 6.45) is 3.37. The third-order valence-electron chi connectivity index (χ3n) is 3.29. The number of hydrogen-bond acceptors (Lipinski definition) is 4. The molecule has 0 aliphatic rings. The molecule has 3 rings (SSSR count). The van der Waals surface area contributed by atoms with E-state index in [2.05, 4.69) is 25.6 Å². The number of aromatic amines is 1. The molecule has 3 heterocycles. The molecule has 2 N–H and O–H groups in total. The molecule has 8 heteroatoms. The van der Waals surface area contributed by atoms with Gasteiger partial charge < -0.3 is 5.32 Å². The van der Waals surface area contributed by atoms with Crippen molar-refractivity contribution >= 4 is 23.3 Å². The first kappa shape index (κ1) is 14.3. The van der Waals surface area contributed by atoms with Gasteiger partial charge in [-0.3, -0.25) is 19.6 Å². The molecule has 3 aromatic rings. The summed E-state index contributed by atoms with van der Waals surface area (Å²) in [5.41, 5.74) is 2.61. The van der Waals surface area contributed by atoms with Gasteiger partial charge in [0.1, 0.15) is 0 Å². The molecule has 112 valence electrons. The Bertz CT molecular complexity index is 823.